The van der Waals surface area contributed by atoms with E-state index in [-0.39, 0.29) is 5.41 Å². The normalized spacial score (nSPS) is 14.4. The first-order valence-corrected chi connectivity index (χ1v) is 15.4. The zero-order valence-corrected chi connectivity index (χ0v) is 24.5. The highest BCUT2D eigenvalue weighted by atomic mass is 15.0. The van der Waals surface area contributed by atoms with Gasteiger partial charge in [0.25, 0.3) is 0 Å². The average molecular weight is 545 g/mol. The van der Waals surface area contributed by atoms with Crippen LogP contribution < -0.4 is 0 Å². The van der Waals surface area contributed by atoms with Gasteiger partial charge in [0, 0.05) is 33.5 Å². The number of hydrogen-bond acceptors (Lipinski definition) is 0. The number of allylic oxidation sites excluding steroid dienone is 2. The summed E-state index contributed by atoms with van der Waals surface area (Å²) in [6, 6.07) is 36.0. The van der Waals surface area contributed by atoms with Crippen LogP contribution in [0.1, 0.15) is 60.3 Å². The number of para-hydroxylation sites is 2. The highest BCUT2D eigenvalue weighted by Gasteiger charge is 2.25. The van der Waals surface area contributed by atoms with Crippen LogP contribution in [0.4, 0.5) is 0 Å². The summed E-state index contributed by atoms with van der Waals surface area (Å²) in [4.78, 5) is 0. The predicted molar refractivity (Wildman–Crippen MR) is 178 cm³/mol. The van der Waals surface area contributed by atoms with Gasteiger partial charge in [0.1, 0.15) is 0 Å². The van der Waals surface area contributed by atoms with Crippen LogP contribution in [-0.4, -0.2) is 9.13 Å². The summed E-state index contributed by atoms with van der Waals surface area (Å²) < 4.78 is 4.88. The molecule has 2 aliphatic carbocycles. The van der Waals surface area contributed by atoms with Gasteiger partial charge < -0.3 is 9.13 Å². The molecular weight excluding hydrogens is 508 g/mol. The maximum atomic E-state index is 2.48. The number of aromatic nitrogens is 2. The van der Waals surface area contributed by atoms with Crippen LogP contribution in [-0.2, 0) is 24.7 Å². The maximum absolute atomic E-state index is 2.48. The van der Waals surface area contributed by atoms with Crippen LogP contribution in [0.3, 0.4) is 0 Å². The van der Waals surface area contributed by atoms with Crippen molar-refractivity contribution in [2.45, 2.75) is 51.4 Å². The second kappa shape index (κ2) is 9.77. The van der Waals surface area contributed by atoms with E-state index in [1.807, 2.05) is 0 Å². The highest BCUT2D eigenvalue weighted by molar-refractivity contribution is 6.09. The molecule has 0 spiro atoms. The van der Waals surface area contributed by atoms with E-state index in [1.165, 1.54) is 55.7 Å². The van der Waals surface area contributed by atoms with Crippen molar-refractivity contribution >= 4 is 34.0 Å². The Morgan fingerprint density at radius 2 is 1.07 bits per heavy atom. The summed E-state index contributed by atoms with van der Waals surface area (Å²) in [5.74, 6) is 0. The number of rotatable bonds is 5. The lowest BCUT2D eigenvalue weighted by atomic mass is 9.79. The van der Waals surface area contributed by atoms with Gasteiger partial charge in [-0.15, -0.1) is 0 Å². The van der Waals surface area contributed by atoms with Gasteiger partial charge in [-0.25, -0.2) is 0 Å². The van der Waals surface area contributed by atoms with Crippen LogP contribution in [0.2, 0.25) is 0 Å². The number of nitrogens with zero attached hydrogens (tertiary/aromatic N) is 2. The van der Waals surface area contributed by atoms with Crippen LogP contribution in [0.5, 0.6) is 0 Å². The Hall–Kier alpha value is -4.56. The number of fused-ring (bicyclic) bond motifs is 6. The second-order valence-electron chi connectivity index (χ2n) is 12.6. The van der Waals surface area contributed by atoms with E-state index in [2.05, 4.69) is 144 Å². The molecule has 2 aliphatic rings. The fraction of sp³-hybridized carbons (Fsp3) is 0.200. The lowest BCUT2D eigenvalue weighted by Crippen LogP contribution is -2.20. The van der Waals surface area contributed by atoms with Crippen molar-refractivity contribution in [3.8, 4) is 11.4 Å². The largest absolute Gasteiger partial charge is 0.310 e. The first-order valence-electron chi connectivity index (χ1n) is 15.4. The minimum Gasteiger partial charge on any atom is -0.310 e. The monoisotopic (exact) mass is 544 g/mol. The SMILES string of the molecule is CC(C)(Cc1ccc(-n2c3c(c4c2C=CCC4)CCC=C3)cc1)c1ccc(-n2c3ccccc3c3ccccc32)cc1. The number of benzene rings is 4. The molecule has 0 bridgehead atoms. The van der Waals surface area contributed by atoms with Crippen LogP contribution >= 0.6 is 0 Å². The molecule has 2 aromatic heterocycles. The lowest BCUT2D eigenvalue weighted by Gasteiger charge is -2.26. The van der Waals surface area contributed by atoms with Crippen molar-refractivity contribution in [1.82, 2.24) is 9.13 Å². The van der Waals surface area contributed by atoms with Crippen molar-refractivity contribution < 1.29 is 0 Å². The summed E-state index contributed by atoms with van der Waals surface area (Å²) in [7, 11) is 0. The Kier molecular flexibility index (Phi) is 5.86. The molecule has 0 amide bonds. The van der Waals surface area contributed by atoms with Crippen molar-refractivity contribution in [1.29, 1.82) is 0 Å². The third-order valence-electron chi connectivity index (χ3n) is 9.47. The third-order valence-corrected chi connectivity index (χ3v) is 9.47. The smallest absolute Gasteiger partial charge is 0.0541 e. The van der Waals surface area contributed by atoms with E-state index in [9.17, 15) is 0 Å². The molecule has 2 nitrogen and oxygen atoms in total. The fourth-order valence-corrected chi connectivity index (χ4v) is 7.38. The highest BCUT2D eigenvalue weighted by Crippen LogP contribution is 2.37. The lowest BCUT2D eigenvalue weighted by molar-refractivity contribution is 0.522. The summed E-state index contributed by atoms with van der Waals surface area (Å²) in [5, 5.41) is 2.60. The van der Waals surface area contributed by atoms with E-state index in [1.54, 1.807) is 11.1 Å². The Balaban J connectivity index is 1.08. The van der Waals surface area contributed by atoms with Gasteiger partial charge >= 0.3 is 0 Å². The quantitative estimate of drug-likeness (QED) is 0.204. The molecule has 0 aliphatic heterocycles. The molecule has 206 valence electrons. The maximum Gasteiger partial charge on any atom is 0.0541 e. The predicted octanol–water partition coefficient (Wildman–Crippen LogP) is 10.0. The van der Waals surface area contributed by atoms with Gasteiger partial charge in [0.2, 0.25) is 0 Å². The van der Waals surface area contributed by atoms with E-state index in [0.29, 0.717) is 0 Å². The average Bonchev–Trinajstić information content (AvgIpc) is 3.55. The first-order chi connectivity index (χ1) is 20.6. The summed E-state index contributed by atoms with van der Waals surface area (Å²) >= 11 is 0. The minimum absolute atomic E-state index is 0.0120. The minimum atomic E-state index is 0.0120. The molecule has 4 aromatic carbocycles. The molecule has 42 heavy (non-hydrogen) atoms. The van der Waals surface area contributed by atoms with Crippen molar-refractivity contribution in [3.63, 3.8) is 0 Å². The molecule has 0 saturated carbocycles. The number of hydrogen-bond donors (Lipinski definition) is 0. The molecule has 0 saturated heterocycles. The molecule has 8 rings (SSSR count). The van der Waals surface area contributed by atoms with Gasteiger partial charge in [0.15, 0.2) is 0 Å². The van der Waals surface area contributed by atoms with Crippen LogP contribution in [0, 0.1) is 0 Å². The standard InChI is InChI=1S/C40H36N2/c1-40(2,29-21-25-31(26-22-29)42-38-17-9-5-13-34(38)35-14-6-10-18-39(35)42)27-28-19-23-30(24-20-28)41-36-15-7-3-11-32(36)33-12-4-8-16-37(33)41/h5-10,13-26H,3-4,11-12,27H2,1-2H3. The molecule has 0 atom stereocenters. The molecule has 6 aromatic rings. The van der Waals surface area contributed by atoms with E-state index in [0.717, 1.165) is 32.1 Å². The zero-order chi connectivity index (χ0) is 28.3. The fourth-order valence-electron chi connectivity index (χ4n) is 7.38. The Morgan fingerprint density at radius 1 is 0.571 bits per heavy atom. The summed E-state index contributed by atoms with van der Waals surface area (Å²) in [5.41, 5.74) is 13.6. The van der Waals surface area contributed by atoms with Gasteiger partial charge in [-0.1, -0.05) is 86.7 Å². The molecule has 0 N–H and O–H groups in total. The van der Waals surface area contributed by atoms with Gasteiger partial charge in [-0.3, -0.25) is 0 Å². The summed E-state index contributed by atoms with van der Waals surface area (Å²) in [6.07, 6.45) is 15.0. The zero-order valence-electron chi connectivity index (χ0n) is 24.5. The van der Waals surface area contributed by atoms with Crippen LogP contribution in [0.25, 0.3) is 45.3 Å². The molecular formula is C40H36N2. The summed E-state index contributed by atoms with van der Waals surface area (Å²) in [6.45, 7) is 4.73. The second-order valence-corrected chi connectivity index (χ2v) is 12.6. The first kappa shape index (κ1) is 25.2. The van der Waals surface area contributed by atoms with E-state index < -0.39 is 0 Å². The molecule has 2 heterocycles. The third kappa shape index (κ3) is 4.01. The Bertz CT molecular complexity index is 1910. The van der Waals surface area contributed by atoms with Gasteiger partial charge in [0.05, 0.1) is 11.0 Å². The Labute approximate surface area is 248 Å². The Morgan fingerprint density at radius 3 is 1.64 bits per heavy atom. The van der Waals surface area contributed by atoms with E-state index >= 15 is 0 Å². The molecule has 2 heteroatoms. The van der Waals surface area contributed by atoms with Crippen molar-refractivity contribution in [3.05, 3.63) is 143 Å². The van der Waals surface area contributed by atoms with E-state index in [4.69, 9.17) is 0 Å². The van der Waals surface area contributed by atoms with Gasteiger partial charge in [-0.2, -0.15) is 0 Å². The van der Waals surface area contributed by atoms with Gasteiger partial charge in [-0.05, 0) is 108 Å². The molecule has 0 fully saturated rings. The van der Waals surface area contributed by atoms with Crippen LogP contribution in [0.15, 0.2) is 109 Å². The molecule has 0 unspecified atom stereocenters. The topological polar surface area (TPSA) is 9.86 Å². The van der Waals surface area contributed by atoms with Crippen molar-refractivity contribution in [2.75, 3.05) is 0 Å². The molecule has 0 radical (unpaired) electrons. The van der Waals surface area contributed by atoms with Crippen molar-refractivity contribution in [2.24, 2.45) is 0 Å².